The fourth-order valence-electron chi connectivity index (χ4n) is 10.4. The fraction of sp³-hybridized carbons (Fsp3) is 0.0794. The second-order valence-electron chi connectivity index (χ2n) is 17.6. The van der Waals surface area contributed by atoms with Gasteiger partial charge in [-0.15, -0.1) is 0 Å². The number of hydrogen-bond acceptors (Lipinski definition) is 0. The minimum atomic E-state index is 0.392. The van der Waals surface area contributed by atoms with Gasteiger partial charge in [-0.25, -0.2) is 0 Å². The lowest BCUT2D eigenvalue weighted by Crippen LogP contribution is -2.01. The molecule has 0 radical (unpaired) electrons. The van der Waals surface area contributed by atoms with Crippen molar-refractivity contribution in [3.63, 3.8) is 0 Å². The van der Waals surface area contributed by atoms with Gasteiger partial charge in [-0.05, 0) is 129 Å². The number of para-hydroxylation sites is 2. The summed E-state index contributed by atoms with van der Waals surface area (Å²) >= 11 is 0. The molecule has 0 N–H and O–H groups in total. The summed E-state index contributed by atoms with van der Waals surface area (Å²) in [6.45, 7) is 2.24. The summed E-state index contributed by atoms with van der Waals surface area (Å²) in [5.41, 5.74) is 20.0. The van der Waals surface area contributed by atoms with E-state index >= 15 is 0 Å². The van der Waals surface area contributed by atoms with Crippen LogP contribution in [0.4, 0.5) is 0 Å². The molecule has 1 unspecified atom stereocenters. The quantitative estimate of drug-likeness (QED) is 0.137. The van der Waals surface area contributed by atoms with Crippen molar-refractivity contribution in [2.75, 3.05) is 0 Å². The van der Waals surface area contributed by atoms with E-state index in [-0.39, 0.29) is 0 Å². The first-order valence-corrected chi connectivity index (χ1v) is 23.1. The Hall–Kier alpha value is -7.94. The van der Waals surface area contributed by atoms with E-state index < -0.39 is 0 Å². The summed E-state index contributed by atoms with van der Waals surface area (Å²) in [4.78, 5) is 0. The summed E-state index contributed by atoms with van der Waals surface area (Å²) in [6.07, 6.45) is 10.2. The van der Waals surface area contributed by atoms with Crippen LogP contribution >= 0.6 is 0 Å². The summed E-state index contributed by atoms with van der Waals surface area (Å²) in [6, 6.07) is 78.5. The molecule has 0 bridgehead atoms. The van der Waals surface area contributed by atoms with Crippen LogP contribution in [-0.4, -0.2) is 9.13 Å². The van der Waals surface area contributed by atoms with Gasteiger partial charge >= 0.3 is 0 Å². The summed E-state index contributed by atoms with van der Waals surface area (Å²) in [5, 5.41) is 5.01. The highest BCUT2D eigenvalue weighted by Gasteiger charge is 2.19. The van der Waals surface area contributed by atoms with Crippen molar-refractivity contribution >= 4 is 49.2 Å². The highest BCUT2D eigenvalue weighted by atomic mass is 15.0. The molecule has 0 aliphatic heterocycles. The first-order chi connectivity index (χ1) is 32.2. The Morgan fingerprint density at radius 3 is 1.46 bits per heavy atom. The maximum absolute atomic E-state index is 2.43. The lowest BCUT2D eigenvalue weighted by Gasteiger charge is -2.20. The number of allylic oxidation sites excluding steroid dienone is 4. The van der Waals surface area contributed by atoms with Crippen molar-refractivity contribution in [3.05, 3.63) is 247 Å². The number of rotatable bonds is 9. The SMILES string of the molecule is CCCc1ccc(C2C=CC=C(c3ccc(-n4c5ccccc5c5cc(-c6ccc7c(c6)c6ccccc6n7-c6ccc(-c7ccccc7-c7ccccc7)cc6)ccc54)cc3)C2)cc1. The van der Waals surface area contributed by atoms with Gasteiger partial charge in [-0.2, -0.15) is 0 Å². The average Bonchev–Trinajstić information content (AvgIpc) is 3.89. The fourth-order valence-corrected chi connectivity index (χ4v) is 10.4. The molecule has 9 aromatic carbocycles. The van der Waals surface area contributed by atoms with Crippen LogP contribution in [0.1, 0.15) is 42.4 Å². The number of hydrogen-bond donors (Lipinski definition) is 0. The van der Waals surface area contributed by atoms with Gasteiger partial charge in [0.1, 0.15) is 0 Å². The van der Waals surface area contributed by atoms with Gasteiger partial charge in [0.2, 0.25) is 0 Å². The van der Waals surface area contributed by atoms with E-state index in [2.05, 4.69) is 247 Å². The van der Waals surface area contributed by atoms with Crippen LogP contribution in [-0.2, 0) is 6.42 Å². The van der Waals surface area contributed by atoms with Gasteiger partial charge in [0.25, 0.3) is 0 Å². The van der Waals surface area contributed by atoms with Crippen LogP contribution in [0, 0.1) is 0 Å². The van der Waals surface area contributed by atoms with E-state index in [1.165, 1.54) is 111 Å². The van der Waals surface area contributed by atoms with Gasteiger partial charge in [0.05, 0.1) is 22.1 Å². The van der Waals surface area contributed by atoms with Crippen molar-refractivity contribution in [2.24, 2.45) is 0 Å². The van der Waals surface area contributed by atoms with Gasteiger partial charge < -0.3 is 9.13 Å². The smallest absolute Gasteiger partial charge is 0.0541 e. The number of nitrogens with zero attached hydrogens (tertiary/aromatic N) is 2. The minimum Gasteiger partial charge on any atom is -0.309 e. The third kappa shape index (κ3) is 6.90. The lowest BCUT2D eigenvalue weighted by atomic mass is 9.85. The Morgan fingerprint density at radius 1 is 0.415 bits per heavy atom. The summed E-state index contributed by atoms with van der Waals surface area (Å²) in [7, 11) is 0. The molecule has 1 aliphatic carbocycles. The molecule has 0 saturated heterocycles. The van der Waals surface area contributed by atoms with Crippen LogP contribution in [0.3, 0.4) is 0 Å². The second-order valence-corrected chi connectivity index (χ2v) is 17.6. The highest BCUT2D eigenvalue weighted by Crippen LogP contribution is 2.40. The molecule has 0 fully saturated rings. The molecule has 1 atom stereocenters. The molecule has 2 heterocycles. The lowest BCUT2D eigenvalue weighted by molar-refractivity contribution is 0.862. The van der Waals surface area contributed by atoms with E-state index in [9.17, 15) is 0 Å². The normalized spacial score (nSPS) is 13.9. The maximum Gasteiger partial charge on any atom is 0.0541 e. The Kier molecular flexibility index (Phi) is 9.72. The number of benzene rings is 9. The molecule has 2 aromatic heterocycles. The zero-order valence-electron chi connectivity index (χ0n) is 36.5. The number of aromatic nitrogens is 2. The number of fused-ring (bicyclic) bond motifs is 6. The molecule has 0 amide bonds. The van der Waals surface area contributed by atoms with Crippen LogP contribution in [0.25, 0.3) is 93.9 Å². The summed E-state index contributed by atoms with van der Waals surface area (Å²) in [5.74, 6) is 0.392. The molecule has 65 heavy (non-hydrogen) atoms. The zero-order valence-corrected chi connectivity index (χ0v) is 36.5. The van der Waals surface area contributed by atoms with Crippen LogP contribution < -0.4 is 0 Å². The Balaban J connectivity index is 0.870. The molecular weight excluding hydrogens is 785 g/mol. The molecule has 0 spiro atoms. The van der Waals surface area contributed by atoms with Crippen molar-refractivity contribution in [2.45, 2.75) is 32.1 Å². The molecular formula is C63H48N2. The number of aryl methyl sites for hydroxylation is 1. The van der Waals surface area contributed by atoms with Crippen molar-refractivity contribution in [1.82, 2.24) is 9.13 Å². The standard InChI is InChI=1S/C63H48N2/c1-2-13-43-24-26-44(27-25-43)48-16-12-17-49(40-48)45-28-34-52(35-29-45)64-60-22-10-8-20-56(60)58-41-50(32-38-62(58)64)51-33-39-63-59(42-51)57-21-9-11-23-61(57)65(63)53-36-30-47(31-37-53)55-19-7-6-18-54(55)46-14-4-3-5-15-46/h3-12,14-39,41-42,48H,2,13,40H2,1H3. The van der Waals surface area contributed by atoms with Gasteiger partial charge in [0, 0.05) is 38.8 Å². The zero-order chi connectivity index (χ0) is 43.3. The first kappa shape index (κ1) is 38.7. The molecule has 11 aromatic rings. The molecule has 0 saturated carbocycles. The van der Waals surface area contributed by atoms with Gasteiger partial charge in [-0.3, -0.25) is 0 Å². The Labute approximate surface area is 380 Å². The van der Waals surface area contributed by atoms with Crippen LogP contribution in [0.5, 0.6) is 0 Å². The Bertz CT molecular complexity index is 3600. The predicted molar refractivity (Wildman–Crippen MR) is 276 cm³/mol. The van der Waals surface area contributed by atoms with Crippen LogP contribution in [0.2, 0.25) is 0 Å². The Morgan fingerprint density at radius 2 is 0.892 bits per heavy atom. The average molecular weight is 833 g/mol. The monoisotopic (exact) mass is 832 g/mol. The second kappa shape index (κ2) is 16.3. The third-order valence-electron chi connectivity index (χ3n) is 13.7. The van der Waals surface area contributed by atoms with Crippen molar-refractivity contribution in [1.29, 1.82) is 0 Å². The molecule has 2 heteroatoms. The predicted octanol–water partition coefficient (Wildman–Crippen LogP) is 17.0. The van der Waals surface area contributed by atoms with Crippen molar-refractivity contribution in [3.8, 4) is 44.8 Å². The van der Waals surface area contributed by atoms with E-state index in [1.807, 2.05) is 0 Å². The third-order valence-corrected chi connectivity index (χ3v) is 13.7. The highest BCUT2D eigenvalue weighted by molar-refractivity contribution is 6.12. The van der Waals surface area contributed by atoms with E-state index in [0.29, 0.717) is 5.92 Å². The largest absolute Gasteiger partial charge is 0.309 e. The molecule has 12 rings (SSSR count). The van der Waals surface area contributed by atoms with E-state index in [0.717, 1.165) is 18.5 Å². The van der Waals surface area contributed by atoms with E-state index in [1.54, 1.807) is 0 Å². The van der Waals surface area contributed by atoms with Crippen LogP contribution in [0.15, 0.2) is 231 Å². The van der Waals surface area contributed by atoms with E-state index in [4.69, 9.17) is 0 Å². The van der Waals surface area contributed by atoms with Gasteiger partial charge in [-0.1, -0.05) is 183 Å². The molecule has 1 aliphatic rings. The van der Waals surface area contributed by atoms with Gasteiger partial charge in [0.15, 0.2) is 0 Å². The molecule has 2 nitrogen and oxygen atoms in total. The molecule has 310 valence electrons. The maximum atomic E-state index is 2.43. The first-order valence-electron chi connectivity index (χ1n) is 23.1. The topological polar surface area (TPSA) is 9.86 Å². The van der Waals surface area contributed by atoms with Crippen molar-refractivity contribution < 1.29 is 0 Å². The minimum absolute atomic E-state index is 0.392. The summed E-state index contributed by atoms with van der Waals surface area (Å²) < 4.78 is 4.84.